The molecule has 6 aliphatic rings. The Kier molecular flexibility index (Phi) is 4.94. The second-order valence-corrected chi connectivity index (χ2v) is 10.4. The van der Waals surface area contributed by atoms with Crippen molar-refractivity contribution in [3.63, 3.8) is 0 Å². The van der Waals surface area contributed by atoms with E-state index in [0.29, 0.717) is 19.3 Å². The molecule has 2 N–H and O–H groups in total. The van der Waals surface area contributed by atoms with Crippen molar-refractivity contribution in [2.75, 3.05) is 6.54 Å². The highest BCUT2D eigenvalue weighted by Crippen LogP contribution is 2.61. The molecule has 0 spiro atoms. The van der Waals surface area contributed by atoms with Gasteiger partial charge in [-0.2, -0.15) is 0 Å². The van der Waals surface area contributed by atoms with Gasteiger partial charge in [0.1, 0.15) is 0 Å². The molecule has 5 aliphatic carbocycles. The van der Waals surface area contributed by atoms with Gasteiger partial charge < -0.3 is 0 Å². The van der Waals surface area contributed by atoms with E-state index in [4.69, 9.17) is 0 Å². The molecule has 4 saturated carbocycles. The predicted octanol–water partition coefficient (Wildman–Crippen LogP) is 2.08. The summed E-state index contributed by atoms with van der Waals surface area (Å²) >= 11 is 0. The fourth-order valence-electron chi connectivity index (χ4n) is 7.40. The van der Waals surface area contributed by atoms with Crippen LogP contribution in [0.4, 0.5) is 0 Å². The Hall–Kier alpha value is -2.18. The second kappa shape index (κ2) is 7.50. The summed E-state index contributed by atoms with van der Waals surface area (Å²) in [7, 11) is 0. The smallest absolute Gasteiger partial charge is 0.240 e. The topological polar surface area (TPSA) is 95.6 Å². The van der Waals surface area contributed by atoms with Crippen LogP contribution in [0.2, 0.25) is 0 Å². The molecule has 0 aromatic rings. The fraction of sp³-hybridized carbons (Fsp3) is 0.739. The third kappa shape index (κ3) is 3.56. The lowest BCUT2D eigenvalue weighted by Crippen LogP contribution is -2.50. The van der Waals surface area contributed by atoms with Gasteiger partial charge in [-0.05, 0) is 74.5 Å². The summed E-state index contributed by atoms with van der Waals surface area (Å²) in [6.07, 6.45) is 13.0. The fourth-order valence-corrected chi connectivity index (χ4v) is 7.40. The zero-order chi connectivity index (χ0) is 20.9. The third-order valence-electron chi connectivity index (χ3n) is 8.20. The summed E-state index contributed by atoms with van der Waals surface area (Å²) in [5.41, 5.74) is 5.18. The molecule has 0 aromatic carbocycles. The molecule has 4 bridgehead atoms. The van der Waals surface area contributed by atoms with Crippen LogP contribution in [0.1, 0.15) is 64.2 Å². The number of imide groups is 1. The van der Waals surface area contributed by atoms with Crippen LogP contribution in [0, 0.1) is 35.0 Å². The van der Waals surface area contributed by atoms with Gasteiger partial charge in [0.05, 0.1) is 11.8 Å². The minimum absolute atomic E-state index is 0.00198. The van der Waals surface area contributed by atoms with Crippen LogP contribution in [0.5, 0.6) is 0 Å². The maximum absolute atomic E-state index is 12.5. The van der Waals surface area contributed by atoms with E-state index in [9.17, 15) is 19.2 Å². The zero-order valence-corrected chi connectivity index (χ0v) is 17.4. The first kappa shape index (κ1) is 19.8. The number of hydrogen-bond donors (Lipinski definition) is 2. The van der Waals surface area contributed by atoms with E-state index < -0.39 is 0 Å². The minimum Gasteiger partial charge on any atom is -0.282 e. The number of likely N-dealkylation sites (tertiary alicyclic amines) is 1. The molecule has 1 saturated heterocycles. The van der Waals surface area contributed by atoms with Crippen molar-refractivity contribution in [3.05, 3.63) is 12.2 Å². The van der Waals surface area contributed by atoms with Gasteiger partial charge in [-0.1, -0.05) is 12.2 Å². The molecule has 1 aliphatic heterocycles. The van der Waals surface area contributed by atoms with Crippen molar-refractivity contribution >= 4 is 23.6 Å². The number of hydrogen-bond acceptors (Lipinski definition) is 4. The monoisotopic (exact) mass is 413 g/mol. The molecule has 30 heavy (non-hydrogen) atoms. The number of carbonyl (C=O) groups excluding carboxylic acids is 4. The van der Waals surface area contributed by atoms with E-state index >= 15 is 0 Å². The highest BCUT2D eigenvalue weighted by Gasteiger charge is 2.51. The summed E-state index contributed by atoms with van der Waals surface area (Å²) in [5, 5.41) is 0. The van der Waals surface area contributed by atoms with Crippen LogP contribution >= 0.6 is 0 Å². The Bertz CT molecular complexity index is 743. The highest BCUT2D eigenvalue weighted by atomic mass is 16.2. The molecule has 4 amide bonds. The van der Waals surface area contributed by atoms with Gasteiger partial charge >= 0.3 is 0 Å². The maximum atomic E-state index is 12.5. The Morgan fingerprint density at radius 2 is 1.37 bits per heavy atom. The quantitative estimate of drug-likeness (QED) is 0.410. The van der Waals surface area contributed by atoms with Crippen molar-refractivity contribution in [1.82, 2.24) is 15.8 Å². The van der Waals surface area contributed by atoms with Crippen LogP contribution in [-0.4, -0.2) is 35.1 Å². The maximum Gasteiger partial charge on any atom is 0.240 e. The summed E-state index contributed by atoms with van der Waals surface area (Å²) < 4.78 is 0. The molecule has 0 radical (unpaired) electrons. The Labute approximate surface area is 177 Å². The SMILES string of the molecule is O=C(CCN1C(=O)[C@H]2CC=CC[C@@H]2C1=O)NNC(=O)CC12CC3CC(CC(C3)C1)C2. The van der Waals surface area contributed by atoms with Crippen molar-refractivity contribution in [2.24, 2.45) is 35.0 Å². The van der Waals surface area contributed by atoms with Gasteiger partial charge in [-0.15, -0.1) is 0 Å². The lowest BCUT2D eigenvalue weighted by Gasteiger charge is -2.56. The lowest BCUT2D eigenvalue weighted by atomic mass is 9.49. The highest BCUT2D eigenvalue weighted by molar-refractivity contribution is 6.05. The molecule has 5 fully saturated rings. The Morgan fingerprint density at radius 3 is 1.90 bits per heavy atom. The average molecular weight is 414 g/mol. The molecule has 0 unspecified atom stereocenters. The van der Waals surface area contributed by atoms with Gasteiger partial charge in [0.15, 0.2) is 0 Å². The van der Waals surface area contributed by atoms with Gasteiger partial charge in [-0.25, -0.2) is 0 Å². The molecular formula is C23H31N3O4. The van der Waals surface area contributed by atoms with Crippen LogP contribution in [0.15, 0.2) is 12.2 Å². The van der Waals surface area contributed by atoms with Gasteiger partial charge in [0.25, 0.3) is 0 Å². The largest absolute Gasteiger partial charge is 0.282 e. The summed E-state index contributed by atoms with van der Waals surface area (Å²) in [4.78, 5) is 50.8. The van der Waals surface area contributed by atoms with Gasteiger partial charge in [-0.3, -0.25) is 34.9 Å². The predicted molar refractivity (Wildman–Crippen MR) is 108 cm³/mol. The van der Waals surface area contributed by atoms with Crippen LogP contribution in [-0.2, 0) is 19.2 Å². The van der Waals surface area contributed by atoms with E-state index in [0.717, 1.165) is 37.0 Å². The summed E-state index contributed by atoms with van der Waals surface area (Å²) in [6, 6.07) is 0. The molecule has 2 atom stereocenters. The minimum atomic E-state index is -0.373. The first-order valence-corrected chi connectivity index (χ1v) is 11.5. The van der Waals surface area contributed by atoms with Crippen molar-refractivity contribution in [1.29, 1.82) is 0 Å². The van der Waals surface area contributed by atoms with Crippen LogP contribution in [0.3, 0.4) is 0 Å². The number of fused-ring (bicyclic) bond motifs is 1. The van der Waals surface area contributed by atoms with E-state index in [1.165, 1.54) is 24.2 Å². The Balaban J connectivity index is 1.07. The van der Waals surface area contributed by atoms with E-state index in [1.807, 2.05) is 12.2 Å². The average Bonchev–Trinajstić information content (AvgIpc) is 2.94. The van der Waals surface area contributed by atoms with Crippen molar-refractivity contribution < 1.29 is 19.2 Å². The number of allylic oxidation sites excluding steroid dienone is 2. The van der Waals surface area contributed by atoms with E-state index in [1.54, 1.807) is 0 Å². The van der Waals surface area contributed by atoms with Crippen molar-refractivity contribution in [2.45, 2.75) is 64.2 Å². The Morgan fingerprint density at radius 1 is 0.867 bits per heavy atom. The number of rotatable bonds is 5. The summed E-state index contributed by atoms with van der Waals surface area (Å²) in [5.74, 6) is 0.962. The number of hydrazine groups is 1. The normalized spacial score (nSPS) is 38.7. The number of nitrogens with one attached hydrogen (secondary N) is 2. The van der Waals surface area contributed by atoms with Crippen LogP contribution in [0.25, 0.3) is 0 Å². The van der Waals surface area contributed by atoms with Gasteiger partial charge in [0, 0.05) is 19.4 Å². The third-order valence-corrected chi connectivity index (χ3v) is 8.20. The molecular weight excluding hydrogens is 382 g/mol. The molecule has 7 heteroatoms. The van der Waals surface area contributed by atoms with Crippen LogP contribution < -0.4 is 10.9 Å². The second-order valence-electron chi connectivity index (χ2n) is 10.4. The molecule has 162 valence electrons. The first-order chi connectivity index (χ1) is 14.4. The van der Waals surface area contributed by atoms with E-state index in [2.05, 4.69) is 10.9 Å². The van der Waals surface area contributed by atoms with E-state index in [-0.39, 0.29) is 53.8 Å². The number of amides is 4. The molecule has 6 rings (SSSR count). The number of carbonyl (C=O) groups is 4. The molecule has 1 heterocycles. The summed E-state index contributed by atoms with van der Waals surface area (Å²) in [6.45, 7) is 0.0708. The standard InChI is InChI=1S/C23H31N3O4/c27-19(5-6-26-21(29)17-3-1-2-4-18(17)22(26)30)24-25-20(28)13-23-10-14-7-15(11-23)9-16(8-14)12-23/h1-2,14-18H,3-13H2,(H,24,27)(H,25,28)/t14?,15?,16?,17-,18-,23?/m0/s1. The lowest BCUT2D eigenvalue weighted by molar-refractivity contribution is -0.141. The first-order valence-electron chi connectivity index (χ1n) is 11.5. The number of nitrogens with zero attached hydrogens (tertiary/aromatic N) is 1. The molecule has 0 aromatic heterocycles. The van der Waals surface area contributed by atoms with Crippen molar-refractivity contribution in [3.8, 4) is 0 Å². The van der Waals surface area contributed by atoms with Gasteiger partial charge in [0.2, 0.25) is 23.6 Å². The zero-order valence-electron chi connectivity index (χ0n) is 17.4. The molecule has 7 nitrogen and oxygen atoms in total.